The zero-order valence-corrected chi connectivity index (χ0v) is 13.6. The second kappa shape index (κ2) is 7.73. The summed E-state index contributed by atoms with van der Waals surface area (Å²) in [5, 5.41) is 0. The lowest BCUT2D eigenvalue weighted by molar-refractivity contribution is -0.169. The Labute approximate surface area is 118 Å². The average molecular weight is 311 g/mol. The fraction of sp³-hybridized carbons (Fsp3) is 0.818. The molecule has 0 rings (SSSR count). The minimum absolute atomic E-state index is 0.0614. The van der Waals surface area contributed by atoms with Crippen LogP contribution in [0.2, 0.25) is 0 Å². The smallest absolute Gasteiger partial charge is 0.408 e. The predicted molar refractivity (Wildman–Crippen MR) is 71.1 cm³/mol. The third-order valence-corrected chi connectivity index (χ3v) is 4.88. The Morgan fingerprint density at radius 3 is 1.65 bits per heavy atom. The summed E-state index contributed by atoms with van der Waals surface area (Å²) in [6.07, 6.45) is 0. The Bertz CT molecular complexity index is 372. The zero-order valence-electron chi connectivity index (χ0n) is 12.7. The van der Waals surface area contributed by atoms with Crippen molar-refractivity contribution in [3.05, 3.63) is 0 Å². The Morgan fingerprint density at radius 1 is 1.05 bits per heavy atom. The number of carbonyl (C=O) groups is 2. The van der Waals surface area contributed by atoms with E-state index in [1.54, 1.807) is 13.8 Å². The largest absolute Gasteiger partial charge is 0.464 e. The van der Waals surface area contributed by atoms with E-state index < -0.39 is 25.2 Å². The van der Waals surface area contributed by atoms with Crippen molar-refractivity contribution in [3.8, 4) is 0 Å². The van der Waals surface area contributed by atoms with E-state index in [9.17, 15) is 14.2 Å². The lowest BCUT2D eigenvalue weighted by Crippen LogP contribution is -2.56. The lowest BCUT2D eigenvalue weighted by atomic mass is 10.0. The number of carbonyl (C=O) groups excluding carboxylic acids is 2. The normalized spacial score (nSPS) is 12.3. The van der Waals surface area contributed by atoms with Gasteiger partial charge in [-0.15, -0.1) is 0 Å². The molecule has 0 aliphatic rings. The van der Waals surface area contributed by atoms with Gasteiger partial charge >= 0.3 is 19.7 Å². The molecule has 0 saturated heterocycles. The van der Waals surface area contributed by atoms with Crippen molar-refractivity contribution in [2.24, 2.45) is 0 Å². The minimum atomic E-state index is -3.82. The van der Waals surface area contributed by atoms with E-state index >= 15 is 0 Å². The molecule has 0 spiro atoms. The fourth-order valence-electron chi connectivity index (χ4n) is 1.46. The molecule has 0 radical (unpaired) electrons. The summed E-state index contributed by atoms with van der Waals surface area (Å²) in [6, 6.07) is 0. The number of ether oxygens (including phenoxy) is 2. The Morgan fingerprint density at radius 2 is 1.40 bits per heavy atom. The van der Waals surface area contributed by atoms with Crippen LogP contribution in [0.5, 0.6) is 0 Å². The number of esters is 2. The maximum absolute atomic E-state index is 12.4. The molecule has 118 valence electrons. The molecular formula is C11H22NO7P. The first-order chi connectivity index (χ1) is 9.24. The number of nitrogens with zero attached hydrogens (tertiary/aromatic N) is 1. The van der Waals surface area contributed by atoms with Gasteiger partial charge in [-0.05, 0) is 27.8 Å². The summed E-state index contributed by atoms with van der Waals surface area (Å²) < 4.78 is 32.6. The highest BCUT2D eigenvalue weighted by molar-refractivity contribution is 7.51. The second-order valence-electron chi connectivity index (χ2n) is 3.87. The number of likely N-dealkylation sites (N-methyl/N-ethyl adjacent to an activating group) is 1. The van der Waals surface area contributed by atoms with Gasteiger partial charge in [0, 0.05) is 14.2 Å². The van der Waals surface area contributed by atoms with Gasteiger partial charge in [0.15, 0.2) is 0 Å². The van der Waals surface area contributed by atoms with Gasteiger partial charge in [0.1, 0.15) is 0 Å². The standard InChI is InChI=1S/C11H22NO7P/c1-7-18-9(13)11(3,10(14)19-8-2)12(4)20(15,16-5)17-6/h7-8H2,1-6H3. The summed E-state index contributed by atoms with van der Waals surface area (Å²) in [6.45, 7) is 4.55. The highest BCUT2D eigenvalue weighted by Crippen LogP contribution is 2.53. The highest BCUT2D eigenvalue weighted by Gasteiger charge is 2.55. The van der Waals surface area contributed by atoms with Crippen LogP contribution in [0.3, 0.4) is 0 Å². The first-order valence-corrected chi connectivity index (χ1v) is 7.54. The van der Waals surface area contributed by atoms with Crippen molar-refractivity contribution >= 4 is 19.7 Å². The topological polar surface area (TPSA) is 91.4 Å². The quantitative estimate of drug-likeness (QED) is 0.375. The molecule has 0 unspecified atom stereocenters. The molecular weight excluding hydrogens is 289 g/mol. The van der Waals surface area contributed by atoms with Crippen LogP contribution in [0.15, 0.2) is 0 Å². The Balaban J connectivity index is 5.69. The van der Waals surface area contributed by atoms with E-state index in [2.05, 4.69) is 0 Å². The van der Waals surface area contributed by atoms with Gasteiger partial charge in [-0.25, -0.2) is 14.2 Å². The van der Waals surface area contributed by atoms with Crippen LogP contribution in [-0.4, -0.2) is 56.6 Å². The first kappa shape index (κ1) is 19.1. The van der Waals surface area contributed by atoms with E-state index in [1.807, 2.05) is 0 Å². The summed E-state index contributed by atoms with van der Waals surface area (Å²) in [4.78, 5) is 24.2. The van der Waals surface area contributed by atoms with Crippen molar-refractivity contribution in [3.63, 3.8) is 0 Å². The molecule has 0 atom stereocenters. The monoisotopic (exact) mass is 311 g/mol. The Kier molecular flexibility index (Phi) is 7.37. The Hall–Kier alpha value is -0.950. The SMILES string of the molecule is CCOC(=O)C(C)(C(=O)OCC)N(C)P(=O)(OC)OC. The molecule has 0 fully saturated rings. The molecule has 0 aromatic carbocycles. The molecule has 0 bridgehead atoms. The predicted octanol–water partition coefficient (Wildman–Crippen LogP) is 1.20. The average Bonchev–Trinajstić information content (AvgIpc) is 2.45. The van der Waals surface area contributed by atoms with Gasteiger partial charge < -0.3 is 9.47 Å². The summed E-state index contributed by atoms with van der Waals surface area (Å²) in [5.74, 6) is -1.79. The van der Waals surface area contributed by atoms with Gasteiger partial charge in [0.25, 0.3) is 0 Å². The van der Waals surface area contributed by atoms with E-state index in [-0.39, 0.29) is 13.2 Å². The lowest BCUT2D eigenvalue weighted by Gasteiger charge is -2.36. The van der Waals surface area contributed by atoms with Crippen LogP contribution in [0, 0.1) is 0 Å². The zero-order chi connectivity index (χ0) is 16.0. The van der Waals surface area contributed by atoms with Crippen LogP contribution < -0.4 is 0 Å². The van der Waals surface area contributed by atoms with Crippen LogP contribution in [0.4, 0.5) is 0 Å². The van der Waals surface area contributed by atoms with Gasteiger partial charge in [0.2, 0.25) is 5.54 Å². The van der Waals surface area contributed by atoms with Gasteiger partial charge in [-0.2, -0.15) is 4.67 Å². The van der Waals surface area contributed by atoms with Crippen molar-refractivity contribution in [2.75, 3.05) is 34.5 Å². The minimum Gasteiger partial charge on any atom is -0.464 e. The summed E-state index contributed by atoms with van der Waals surface area (Å²) >= 11 is 0. The van der Waals surface area contributed by atoms with Gasteiger partial charge in [-0.3, -0.25) is 9.05 Å². The number of hydrogen-bond acceptors (Lipinski definition) is 7. The fourth-order valence-corrected chi connectivity index (χ4v) is 2.75. The summed E-state index contributed by atoms with van der Waals surface area (Å²) in [5.41, 5.74) is -1.94. The van der Waals surface area contributed by atoms with E-state index in [4.69, 9.17) is 18.5 Å². The van der Waals surface area contributed by atoms with Crippen LogP contribution >= 0.6 is 7.75 Å². The van der Waals surface area contributed by atoms with Crippen molar-refractivity contribution < 1.29 is 32.7 Å². The molecule has 0 N–H and O–H groups in total. The third kappa shape index (κ3) is 3.58. The second-order valence-corrected chi connectivity index (χ2v) is 6.14. The number of rotatable bonds is 8. The first-order valence-electron chi connectivity index (χ1n) is 6.04. The molecule has 0 aromatic heterocycles. The van der Waals surface area contributed by atoms with Crippen molar-refractivity contribution in [1.29, 1.82) is 0 Å². The highest BCUT2D eigenvalue weighted by atomic mass is 31.2. The van der Waals surface area contributed by atoms with E-state index in [1.165, 1.54) is 14.0 Å². The van der Waals surface area contributed by atoms with Crippen LogP contribution in [0.25, 0.3) is 0 Å². The summed E-state index contributed by atoms with van der Waals surface area (Å²) in [7, 11) is -0.251. The maximum Gasteiger partial charge on any atom is 0.408 e. The molecule has 0 heterocycles. The molecule has 0 amide bonds. The van der Waals surface area contributed by atoms with E-state index in [0.29, 0.717) is 0 Å². The molecule has 0 aromatic rings. The van der Waals surface area contributed by atoms with Gasteiger partial charge in [0.05, 0.1) is 13.2 Å². The molecule has 0 saturated carbocycles. The van der Waals surface area contributed by atoms with Crippen LogP contribution in [-0.2, 0) is 32.7 Å². The molecule has 0 aliphatic carbocycles. The number of hydrogen-bond donors (Lipinski definition) is 0. The molecule has 20 heavy (non-hydrogen) atoms. The van der Waals surface area contributed by atoms with Crippen molar-refractivity contribution in [2.45, 2.75) is 26.3 Å². The third-order valence-electron chi connectivity index (χ3n) is 2.82. The molecule has 8 nitrogen and oxygen atoms in total. The van der Waals surface area contributed by atoms with Gasteiger partial charge in [-0.1, -0.05) is 0 Å². The molecule has 0 aliphatic heterocycles. The van der Waals surface area contributed by atoms with E-state index in [0.717, 1.165) is 18.9 Å². The molecule has 9 heteroatoms. The van der Waals surface area contributed by atoms with Crippen molar-refractivity contribution in [1.82, 2.24) is 4.67 Å². The van der Waals surface area contributed by atoms with Crippen LogP contribution in [0.1, 0.15) is 20.8 Å². The maximum atomic E-state index is 12.4.